The molecule has 0 saturated heterocycles. The minimum Gasteiger partial charge on any atom is -0.493 e. The Labute approximate surface area is 746 Å². The molecule has 8 aromatic carbocycles. The molecule has 12 heteroatoms. The summed E-state index contributed by atoms with van der Waals surface area (Å²) in [7, 11) is 0.929. The molecular weight excluding hydrogens is 1550 g/mol. The van der Waals surface area contributed by atoms with Gasteiger partial charge in [-0.1, -0.05) is 342 Å². The Bertz CT molecular complexity index is 4980. The van der Waals surface area contributed by atoms with Crippen LogP contribution in [0.4, 0.5) is 0 Å². The number of oxazole rings is 1. The molecule has 5 aromatic heterocycles. The van der Waals surface area contributed by atoms with Gasteiger partial charge in [0, 0.05) is 41.6 Å². The summed E-state index contributed by atoms with van der Waals surface area (Å²) in [6, 6.07) is 37.7. The third-order valence-corrected chi connectivity index (χ3v) is 30.4. The first kappa shape index (κ1) is 97.8. The van der Waals surface area contributed by atoms with Crippen LogP contribution in [0.5, 0.6) is 5.75 Å². The summed E-state index contributed by atoms with van der Waals surface area (Å²) in [6.07, 6.45) is 12.3. The van der Waals surface area contributed by atoms with E-state index in [0.717, 1.165) is 35.1 Å². The maximum atomic E-state index is 5.78. The number of hydrogen-bond donors (Lipinski definition) is 0. The van der Waals surface area contributed by atoms with E-state index in [2.05, 4.69) is 368 Å². The van der Waals surface area contributed by atoms with Crippen molar-refractivity contribution in [2.75, 3.05) is 6.61 Å². The summed E-state index contributed by atoms with van der Waals surface area (Å²) in [6.45, 7) is 77.7. The molecule has 0 amide bonds. The Hall–Kier alpha value is -8.03. The molecule has 0 bridgehead atoms. The van der Waals surface area contributed by atoms with Gasteiger partial charge in [0.25, 0.3) is 0 Å². The first-order valence-electron chi connectivity index (χ1n) is 46.5. The number of ether oxygens (including phenoxy) is 1. The van der Waals surface area contributed by atoms with Crippen molar-refractivity contribution < 1.29 is 13.7 Å². The molecule has 658 valence electrons. The SMILES string of the molecule is CC(C)c1ccc(C(C)C)c2c1CC2.CC(C)c1ccc(C(C)C)c2c1CCO2.CC(C)c1ccc(C(C)C)c2c1CC[Si]2(C)C.CC(C)c1ccc(C(C)C)c2c1ncn2C.CC(C)c1ccc(C(C)C)c2ocnc12.CC(C)c1ccc(C(C)C)c2oncc12.CC(C)c1ccc(C(C)C)c2scnc12.CC(C)c1ccc(C(C)C)c2sncc12. The number of rotatable bonds is 16. The number of imidazole rings is 1. The molecule has 3 aliphatic rings. The Morgan fingerprint density at radius 2 is 0.721 bits per heavy atom. The van der Waals surface area contributed by atoms with Crippen molar-refractivity contribution in [3.05, 3.63) is 239 Å². The minimum atomic E-state index is -1.15. The number of hydrogen-bond acceptors (Lipinski definition) is 10. The fraction of sp³-hybridized carbons (Fsp3) is 0.518. The Balaban J connectivity index is 0.000000158. The molecular formula is C110H154N6O3S2Si. The van der Waals surface area contributed by atoms with Crippen LogP contribution < -0.4 is 9.92 Å². The van der Waals surface area contributed by atoms with Gasteiger partial charge in [-0.25, -0.2) is 15.0 Å². The van der Waals surface area contributed by atoms with Crippen LogP contribution in [0.1, 0.15) is 428 Å². The Morgan fingerprint density at radius 3 is 1.20 bits per heavy atom. The molecule has 7 heterocycles. The number of fused-ring (bicyclic) bond motifs is 8. The van der Waals surface area contributed by atoms with Crippen molar-refractivity contribution in [1.82, 2.24) is 29.0 Å². The molecule has 0 atom stereocenters. The monoisotopic (exact) mass is 1700 g/mol. The van der Waals surface area contributed by atoms with Crippen LogP contribution >= 0.6 is 22.9 Å². The quantitative estimate of drug-likeness (QED) is 0.0881. The minimum absolute atomic E-state index is 0.474. The molecule has 0 saturated carbocycles. The molecule has 0 N–H and O–H groups in total. The fourth-order valence-electron chi connectivity index (χ4n) is 18.1. The predicted octanol–water partition coefficient (Wildman–Crippen LogP) is 33.4. The molecule has 1 aliphatic carbocycles. The van der Waals surface area contributed by atoms with Gasteiger partial charge < -0.3 is 18.2 Å². The van der Waals surface area contributed by atoms with E-state index in [4.69, 9.17) is 13.7 Å². The first-order valence-corrected chi connectivity index (χ1v) is 51.4. The summed E-state index contributed by atoms with van der Waals surface area (Å²) in [5.74, 6) is 10.3. The average Bonchev–Trinajstić information content (AvgIpc) is 1.73. The molecule has 122 heavy (non-hydrogen) atoms. The second-order valence-electron chi connectivity index (χ2n) is 40.3. The summed E-state index contributed by atoms with van der Waals surface area (Å²) in [4.78, 5) is 13.4. The van der Waals surface area contributed by atoms with Crippen LogP contribution in [0, 0.1) is 0 Å². The van der Waals surface area contributed by atoms with Crippen LogP contribution in [0.25, 0.3) is 53.4 Å². The summed E-state index contributed by atoms with van der Waals surface area (Å²) in [5, 5.41) is 8.23. The van der Waals surface area contributed by atoms with Gasteiger partial charge in [-0.15, -0.1) is 11.3 Å². The number of benzene rings is 8. The van der Waals surface area contributed by atoms with Crippen LogP contribution in [0.15, 0.2) is 137 Å². The lowest BCUT2D eigenvalue weighted by Crippen LogP contribution is -2.41. The highest BCUT2D eigenvalue weighted by atomic mass is 32.1. The van der Waals surface area contributed by atoms with E-state index in [9.17, 15) is 0 Å². The first-order chi connectivity index (χ1) is 57.5. The van der Waals surface area contributed by atoms with E-state index in [-0.39, 0.29) is 0 Å². The summed E-state index contributed by atoms with van der Waals surface area (Å²) >= 11 is 3.39. The van der Waals surface area contributed by atoms with Gasteiger partial charge in [-0.2, -0.15) is 4.37 Å². The Kier molecular flexibility index (Phi) is 34.3. The molecule has 2 aliphatic heterocycles. The van der Waals surface area contributed by atoms with E-state index in [0.29, 0.717) is 94.7 Å². The smallest absolute Gasteiger partial charge is 0.182 e. The van der Waals surface area contributed by atoms with Gasteiger partial charge in [0.1, 0.15) is 11.3 Å². The second-order valence-corrected chi connectivity index (χ2v) is 46.7. The maximum absolute atomic E-state index is 5.78. The Morgan fingerprint density at radius 1 is 0.336 bits per heavy atom. The predicted molar refractivity (Wildman–Crippen MR) is 535 cm³/mol. The molecule has 9 nitrogen and oxygen atoms in total. The maximum Gasteiger partial charge on any atom is 0.182 e. The van der Waals surface area contributed by atoms with E-state index in [1.165, 1.54) is 135 Å². The van der Waals surface area contributed by atoms with Gasteiger partial charge in [0.05, 0.1) is 58.7 Å². The van der Waals surface area contributed by atoms with Crippen molar-refractivity contribution in [1.29, 1.82) is 0 Å². The third-order valence-electron chi connectivity index (χ3n) is 25.3. The topological polar surface area (TPSA) is 105 Å². The van der Waals surface area contributed by atoms with Gasteiger partial charge in [-0.05, 0) is 232 Å². The van der Waals surface area contributed by atoms with E-state index in [1.54, 1.807) is 73.4 Å². The van der Waals surface area contributed by atoms with Crippen molar-refractivity contribution in [3.8, 4) is 5.75 Å². The van der Waals surface area contributed by atoms with Gasteiger partial charge in [0.15, 0.2) is 17.6 Å². The second kappa shape index (κ2) is 42.8. The average molecular weight is 1700 g/mol. The number of aromatic nitrogens is 6. The zero-order valence-corrected chi connectivity index (χ0v) is 84.5. The number of nitrogens with zero attached hydrogens (tertiary/aromatic N) is 6. The van der Waals surface area contributed by atoms with Gasteiger partial charge in [0.2, 0.25) is 0 Å². The van der Waals surface area contributed by atoms with E-state index in [1.807, 2.05) is 24.2 Å². The highest BCUT2D eigenvalue weighted by Gasteiger charge is 2.37. The molecule has 16 rings (SSSR count). The summed E-state index contributed by atoms with van der Waals surface area (Å²) < 4.78 is 25.8. The summed E-state index contributed by atoms with van der Waals surface area (Å²) in [5.41, 5.74) is 37.8. The van der Waals surface area contributed by atoms with Crippen molar-refractivity contribution >= 4 is 89.5 Å². The van der Waals surface area contributed by atoms with Gasteiger partial charge in [-0.3, -0.25) is 0 Å². The third kappa shape index (κ3) is 22.4. The lowest BCUT2D eigenvalue weighted by Gasteiger charge is -2.29. The van der Waals surface area contributed by atoms with Crippen molar-refractivity contribution in [2.24, 2.45) is 7.05 Å². The molecule has 0 fully saturated rings. The fourth-order valence-corrected chi connectivity index (χ4v) is 23.4. The van der Waals surface area contributed by atoms with E-state index < -0.39 is 8.07 Å². The van der Waals surface area contributed by atoms with Crippen molar-refractivity contribution in [3.63, 3.8) is 0 Å². The van der Waals surface area contributed by atoms with Gasteiger partial charge >= 0.3 is 0 Å². The van der Waals surface area contributed by atoms with Crippen LogP contribution in [0.3, 0.4) is 0 Å². The van der Waals surface area contributed by atoms with Crippen LogP contribution in [-0.2, 0) is 32.7 Å². The van der Waals surface area contributed by atoms with E-state index >= 15 is 0 Å². The normalized spacial score (nSPS) is 13.3. The van der Waals surface area contributed by atoms with Crippen molar-refractivity contribution in [2.45, 2.75) is 361 Å². The highest BCUT2D eigenvalue weighted by molar-refractivity contribution is 7.17. The molecule has 0 radical (unpaired) electrons. The highest BCUT2D eigenvalue weighted by Crippen LogP contribution is 2.43. The largest absolute Gasteiger partial charge is 0.493 e. The lowest BCUT2D eigenvalue weighted by molar-refractivity contribution is 0.352. The zero-order chi connectivity index (χ0) is 90.0. The lowest BCUT2D eigenvalue weighted by atomic mass is 9.76. The molecule has 0 unspecified atom stereocenters. The number of thiazole rings is 1. The van der Waals surface area contributed by atoms with Crippen LogP contribution in [-0.4, -0.2) is 43.7 Å². The standard InChI is InChI=1S/C16H26Si.C14H20N2.C14H20O.C14H20.2C13H17NO.2C13H17NS/c1-11(2)13-7-8-14(12(3)4)16-15(13)9-10-17(16,5)6;1-9(2)11-6-7-12(10(3)4)14-13(11)15-8-16(14)5;1-9(2)11-5-6-12(10(3)4)14-13(11)7-8-15-14;1-9(2)11-5-6-12(10(3)4)14-8-7-13(11)14;1-8(2)10-5-6-11(9(3)4)13-12(10)14-7-15-13;1-8(2)10-5-6-11(9(3)4)13-12(10)7-14-15-13;1-8(2)10-5-6-11(9(3)4)13-12(10)14-7-15-13;1-8(2)10-5-6-11(9(3)4)13-12(10)7-14-15-13/h7-8,11-12H,9-10H2,1-6H3;6-10H,1-5H3;5-6,9-10H,7-8H2,1-4H3;5-6,9-10H,7-8H2,1-4H3;4*5-9H,1-4H3. The molecule has 0 spiro atoms. The number of aryl methyl sites for hydroxylation is 1. The molecule has 13 aromatic rings. The van der Waals surface area contributed by atoms with Crippen LogP contribution in [0.2, 0.25) is 19.1 Å². The zero-order valence-electron chi connectivity index (χ0n) is 81.8.